The molecule has 1 fully saturated rings. The van der Waals surface area contributed by atoms with Gasteiger partial charge in [-0.1, -0.05) is 72.8 Å². The largest absolute Gasteiger partial charge is 0.520 e. The van der Waals surface area contributed by atoms with Crippen LogP contribution in [0.25, 0.3) is 0 Å². The molecule has 40 heavy (non-hydrogen) atoms. The van der Waals surface area contributed by atoms with Crippen molar-refractivity contribution in [3.05, 3.63) is 121 Å². The lowest BCUT2D eigenvalue weighted by Crippen LogP contribution is -2.76. The molecule has 1 saturated heterocycles. The van der Waals surface area contributed by atoms with Gasteiger partial charge < -0.3 is 35.6 Å². The van der Waals surface area contributed by atoms with Crippen LogP contribution in [-0.2, 0) is 29.3 Å². The molecule has 0 amide bonds. The molecular formula is C26H30N2O8Si4. The van der Waals surface area contributed by atoms with Crippen molar-refractivity contribution >= 4 is 45.6 Å². The number of hydrogen-bond acceptors (Lipinski definition) is 10. The summed E-state index contributed by atoms with van der Waals surface area (Å²) in [7, 11) is -18.0. The third-order valence-electron chi connectivity index (χ3n) is 6.31. The van der Waals surface area contributed by atoms with Crippen LogP contribution in [0.4, 0.5) is 0 Å². The fourth-order valence-corrected chi connectivity index (χ4v) is 19.4. The highest BCUT2D eigenvalue weighted by molar-refractivity contribution is 6.95. The Hall–Kier alpha value is -2.71. The van der Waals surface area contributed by atoms with Crippen LogP contribution in [0.2, 0.25) is 12.1 Å². The Balaban J connectivity index is 1.55. The molecule has 2 aromatic heterocycles. The van der Waals surface area contributed by atoms with Crippen LogP contribution in [0.1, 0.15) is 11.4 Å². The van der Waals surface area contributed by atoms with E-state index in [9.17, 15) is 19.2 Å². The first-order valence-corrected chi connectivity index (χ1v) is 20.3. The second-order valence-electron chi connectivity index (χ2n) is 9.37. The fraction of sp³-hybridized carbons (Fsp3) is 0.154. The van der Waals surface area contributed by atoms with Gasteiger partial charge in [-0.25, -0.2) is 0 Å². The first-order valence-electron chi connectivity index (χ1n) is 12.8. The summed E-state index contributed by atoms with van der Waals surface area (Å²) in [4.78, 5) is 56.3. The van der Waals surface area contributed by atoms with Crippen LogP contribution >= 0.6 is 0 Å². The summed E-state index contributed by atoms with van der Waals surface area (Å²) in [6, 6.07) is 27.2. The summed E-state index contributed by atoms with van der Waals surface area (Å²) >= 11 is 0. The minimum Gasteiger partial charge on any atom is -0.391 e. The van der Waals surface area contributed by atoms with Gasteiger partial charge in [0.25, 0.3) is 0 Å². The average Bonchev–Trinajstić information content (AvgIpc) is 2.96. The van der Waals surface area contributed by atoms with Gasteiger partial charge >= 0.3 is 35.2 Å². The molecule has 1 aliphatic rings. The molecule has 10 nitrogen and oxygen atoms in total. The quantitative estimate of drug-likeness (QED) is 0.212. The van der Waals surface area contributed by atoms with E-state index in [2.05, 4.69) is 9.97 Å². The van der Waals surface area contributed by atoms with Gasteiger partial charge in [-0.05, 0) is 37.1 Å². The van der Waals surface area contributed by atoms with Crippen LogP contribution in [0.15, 0.2) is 109 Å². The number of hydrogen-bond donors (Lipinski definition) is 4. The molecule has 5 rings (SSSR count). The van der Waals surface area contributed by atoms with Crippen molar-refractivity contribution in [3.8, 4) is 0 Å². The summed E-state index contributed by atoms with van der Waals surface area (Å²) in [6.07, 6.45) is 3.75. The monoisotopic (exact) mass is 610 g/mol. The summed E-state index contributed by atoms with van der Waals surface area (Å²) < 4.78 is 24.4. The lowest BCUT2D eigenvalue weighted by molar-refractivity contribution is 0.0798. The van der Waals surface area contributed by atoms with Gasteiger partial charge in [-0.15, -0.1) is 0 Å². The van der Waals surface area contributed by atoms with Crippen LogP contribution in [0, 0.1) is 0 Å². The van der Waals surface area contributed by atoms with E-state index in [4.69, 9.17) is 16.5 Å². The van der Waals surface area contributed by atoms with E-state index < -0.39 is 35.2 Å². The van der Waals surface area contributed by atoms with E-state index in [1.54, 1.807) is 97.3 Å². The maximum absolute atomic E-state index is 11.9. The van der Waals surface area contributed by atoms with E-state index in [0.717, 1.165) is 0 Å². The lowest BCUT2D eigenvalue weighted by atomic mass is 10.3. The zero-order valence-electron chi connectivity index (χ0n) is 21.5. The van der Waals surface area contributed by atoms with Crippen molar-refractivity contribution in [3.63, 3.8) is 0 Å². The highest BCUT2D eigenvalue weighted by atomic mass is 28.5. The Morgan fingerprint density at radius 3 is 1.25 bits per heavy atom. The van der Waals surface area contributed by atoms with Crippen molar-refractivity contribution in [2.24, 2.45) is 0 Å². The van der Waals surface area contributed by atoms with E-state index in [1.807, 2.05) is 12.1 Å². The third-order valence-corrected chi connectivity index (χ3v) is 19.7. The second kappa shape index (κ2) is 12.0. The molecule has 4 unspecified atom stereocenters. The van der Waals surface area contributed by atoms with Crippen LogP contribution in [0.5, 0.6) is 0 Å². The second-order valence-corrected chi connectivity index (χ2v) is 20.0. The molecule has 0 saturated carbocycles. The Bertz CT molecular complexity index is 1280. The maximum atomic E-state index is 11.9. The van der Waals surface area contributed by atoms with Gasteiger partial charge in [-0.2, -0.15) is 0 Å². The average molecular weight is 611 g/mol. The van der Waals surface area contributed by atoms with E-state index >= 15 is 0 Å². The van der Waals surface area contributed by atoms with Crippen LogP contribution < -0.4 is 10.4 Å². The number of rotatable bonds is 8. The number of aromatic nitrogens is 2. The maximum Gasteiger partial charge on any atom is 0.520 e. The van der Waals surface area contributed by atoms with E-state index in [1.165, 1.54) is 0 Å². The molecular weight excluding hydrogens is 581 g/mol. The molecule has 4 aromatic rings. The topological polar surface area (TPSA) is 144 Å². The summed E-state index contributed by atoms with van der Waals surface area (Å²) in [5.74, 6) is 0. The van der Waals surface area contributed by atoms with Gasteiger partial charge in [-0.3, -0.25) is 9.97 Å². The van der Waals surface area contributed by atoms with Crippen molar-refractivity contribution < 1.29 is 35.6 Å². The Labute approximate surface area is 236 Å². The van der Waals surface area contributed by atoms with E-state index in [0.29, 0.717) is 11.4 Å². The van der Waals surface area contributed by atoms with Gasteiger partial charge in [0.1, 0.15) is 0 Å². The summed E-state index contributed by atoms with van der Waals surface area (Å²) in [5.41, 5.74) is 1.33. The summed E-state index contributed by atoms with van der Waals surface area (Å²) in [5, 5.41) is 0.488. The zero-order valence-corrected chi connectivity index (χ0v) is 25.5. The molecule has 0 radical (unpaired) electrons. The number of pyridine rings is 2. The highest BCUT2D eigenvalue weighted by Crippen LogP contribution is 2.31. The van der Waals surface area contributed by atoms with Gasteiger partial charge in [0.2, 0.25) is 0 Å². The first-order chi connectivity index (χ1) is 19.2. The molecule has 14 heteroatoms. The number of nitrogens with zero attached hydrogens (tertiary/aromatic N) is 2. The van der Waals surface area contributed by atoms with Crippen molar-refractivity contribution in [1.82, 2.24) is 9.97 Å². The Kier molecular flexibility index (Phi) is 8.66. The SMILES string of the molecule is O[Si]1(CCc2ccccn2)O[Si](O)(CCc2ccccn2)O[Si](O)(c2ccccc2)O[Si](O)(c2ccccc2)O1. The minimum atomic E-state index is -4.58. The van der Waals surface area contributed by atoms with Gasteiger partial charge in [0.05, 0.1) is 0 Å². The molecule has 2 aromatic carbocycles. The molecule has 0 spiro atoms. The first kappa shape index (κ1) is 28.8. The molecule has 4 atom stereocenters. The predicted octanol–water partition coefficient (Wildman–Crippen LogP) is 0.881. The third kappa shape index (κ3) is 6.95. The minimum absolute atomic E-state index is 0.0803. The smallest absolute Gasteiger partial charge is 0.391 e. The highest BCUT2D eigenvalue weighted by Gasteiger charge is 2.65. The van der Waals surface area contributed by atoms with E-state index in [-0.39, 0.29) is 35.3 Å². The van der Waals surface area contributed by atoms with Crippen molar-refractivity contribution in [1.29, 1.82) is 0 Å². The Morgan fingerprint density at radius 1 is 0.475 bits per heavy atom. The molecule has 208 valence electrons. The zero-order chi connectivity index (χ0) is 28.1. The van der Waals surface area contributed by atoms with Crippen LogP contribution in [-0.4, -0.2) is 64.4 Å². The number of benzene rings is 2. The predicted molar refractivity (Wildman–Crippen MR) is 154 cm³/mol. The number of aryl methyl sites for hydroxylation is 2. The molecule has 1 aliphatic heterocycles. The van der Waals surface area contributed by atoms with Gasteiger partial charge in [0, 0.05) is 46.2 Å². The standard InChI is InChI=1S/C26H30N2O8Si4/c29-37(21-17-23-11-7-9-19-27-23)33-38(30,22-18-24-12-8-10-20-28-24)35-40(32,26-15-5-2-6-16-26)36-39(31,34-37)25-13-3-1-4-14-25/h1-16,19-20,29-32H,17-18,21-22H2. The Morgan fingerprint density at radius 2 is 0.875 bits per heavy atom. The summed E-state index contributed by atoms with van der Waals surface area (Å²) in [6.45, 7) is 0. The normalized spacial score (nSPS) is 28.9. The van der Waals surface area contributed by atoms with Crippen molar-refractivity contribution in [2.75, 3.05) is 0 Å². The lowest BCUT2D eigenvalue weighted by Gasteiger charge is -2.44. The fourth-order valence-electron chi connectivity index (χ4n) is 4.35. The van der Waals surface area contributed by atoms with Gasteiger partial charge in [0.15, 0.2) is 0 Å². The molecule has 3 heterocycles. The molecule has 0 aliphatic carbocycles. The van der Waals surface area contributed by atoms with Crippen LogP contribution in [0.3, 0.4) is 0 Å². The molecule has 0 bridgehead atoms. The van der Waals surface area contributed by atoms with Crippen molar-refractivity contribution in [2.45, 2.75) is 24.9 Å². The molecule has 4 N–H and O–H groups in total.